The van der Waals surface area contributed by atoms with Gasteiger partial charge in [0.25, 0.3) is 0 Å². The summed E-state index contributed by atoms with van der Waals surface area (Å²) in [7, 11) is 0. The number of nitrogens with zero attached hydrogens (tertiary/aromatic N) is 1. The molecule has 2 unspecified atom stereocenters. The molecule has 0 spiro atoms. The summed E-state index contributed by atoms with van der Waals surface area (Å²) >= 11 is 0. The second kappa shape index (κ2) is 9.82. The minimum atomic E-state index is 0. The molecule has 2 aromatic rings. The minimum absolute atomic E-state index is 0. The summed E-state index contributed by atoms with van der Waals surface area (Å²) in [6.45, 7) is 0.653. The lowest BCUT2D eigenvalue weighted by Crippen LogP contribution is -2.38. The zero-order valence-corrected chi connectivity index (χ0v) is 15.2. The van der Waals surface area contributed by atoms with E-state index in [1.165, 1.54) is 5.56 Å². The van der Waals surface area contributed by atoms with Crippen LogP contribution >= 0.6 is 24.8 Å². The van der Waals surface area contributed by atoms with Crippen LogP contribution in [0.1, 0.15) is 31.2 Å². The number of nitrogens with two attached hydrogens (primary N) is 1. The monoisotopic (exact) mass is 369 g/mol. The average molecular weight is 370 g/mol. The topological polar surface area (TPSA) is 68.0 Å². The number of amides is 1. The number of fused-ring (bicyclic) bond motifs is 1. The van der Waals surface area contributed by atoms with Crippen molar-refractivity contribution in [2.45, 2.75) is 38.1 Å². The van der Waals surface area contributed by atoms with E-state index in [4.69, 9.17) is 5.73 Å². The first-order chi connectivity index (χ1) is 10.7. The van der Waals surface area contributed by atoms with Gasteiger partial charge in [0.1, 0.15) is 0 Å². The Bertz CT molecular complexity index is 660. The third kappa shape index (κ3) is 5.07. The third-order valence-electron chi connectivity index (χ3n) is 4.50. The number of hydrogen-bond acceptors (Lipinski definition) is 3. The molecule has 4 nitrogen and oxygen atoms in total. The van der Waals surface area contributed by atoms with Gasteiger partial charge in [-0.15, -0.1) is 24.8 Å². The van der Waals surface area contributed by atoms with Crippen molar-refractivity contribution in [2.24, 2.45) is 11.7 Å². The van der Waals surface area contributed by atoms with Crippen LogP contribution in [-0.4, -0.2) is 23.5 Å². The number of hydrogen-bond donors (Lipinski definition) is 2. The number of rotatable bonds is 4. The van der Waals surface area contributed by atoms with Gasteiger partial charge in [0.05, 0.1) is 5.52 Å². The number of carbonyl (C=O) groups is 1. The molecule has 1 aromatic heterocycles. The molecule has 0 aliphatic heterocycles. The van der Waals surface area contributed by atoms with Crippen LogP contribution in [0.25, 0.3) is 10.9 Å². The SMILES string of the molecule is Cl.Cl.NC1CCCC(C(=O)NCCc2cccc3cccnc23)C1. The van der Waals surface area contributed by atoms with Gasteiger partial charge in [-0.25, -0.2) is 0 Å². The lowest BCUT2D eigenvalue weighted by atomic mass is 9.85. The van der Waals surface area contributed by atoms with Crippen molar-refractivity contribution >= 4 is 41.6 Å². The van der Waals surface area contributed by atoms with E-state index in [0.717, 1.165) is 43.0 Å². The van der Waals surface area contributed by atoms with E-state index in [2.05, 4.69) is 28.5 Å². The maximum Gasteiger partial charge on any atom is 0.223 e. The fourth-order valence-corrected chi connectivity index (χ4v) is 3.30. The Labute approximate surface area is 155 Å². The fraction of sp³-hybridized carbons (Fsp3) is 0.444. The first-order valence-electron chi connectivity index (χ1n) is 8.10. The van der Waals surface area contributed by atoms with Crippen molar-refractivity contribution in [3.63, 3.8) is 0 Å². The molecule has 3 rings (SSSR count). The highest BCUT2D eigenvalue weighted by molar-refractivity contribution is 5.85. The molecule has 1 aliphatic carbocycles. The number of pyridine rings is 1. The van der Waals surface area contributed by atoms with Crippen LogP contribution < -0.4 is 11.1 Å². The summed E-state index contributed by atoms with van der Waals surface area (Å²) in [5.74, 6) is 0.248. The molecule has 0 saturated heterocycles. The Hall–Kier alpha value is -1.36. The molecule has 24 heavy (non-hydrogen) atoms. The number of aromatic nitrogens is 1. The number of benzene rings is 1. The van der Waals surface area contributed by atoms with Gasteiger partial charge >= 0.3 is 0 Å². The van der Waals surface area contributed by atoms with Crippen LogP contribution in [0.15, 0.2) is 36.5 Å². The van der Waals surface area contributed by atoms with E-state index < -0.39 is 0 Å². The highest BCUT2D eigenvalue weighted by Crippen LogP contribution is 2.23. The minimum Gasteiger partial charge on any atom is -0.356 e. The number of nitrogens with one attached hydrogen (secondary N) is 1. The van der Waals surface area contributed by atoms with Crippen molar-refractivity contribution in [3.8, 4) is 0 Å². The summed E-state index contributed by atoms with van der Waals surface area (Å²) in [5.41, 5.74) is 8.16. The maximum absolute atomic E-state index is 12.2. The second-order valence-electron chi connectivity index (χ2n) is 6.16. The molecule has 1 aliphatic rings. The Morgan fingerprint density at radius 2 is 2.00 bits per heavy atom. The van der Waals surface area contributed by atoms with Gasteiger partial charge < -0.3 is 11.1 Å². The van der Waals surface area contributed by atoms with Crippen molar-refractivity contribution in [3.05, 3.63) is 42.1 Å². The quantitative estimate of drug-likeness (QED) is 0.868. The average Bonchev–Trinajstić information content (AvgIpc) is 2.55. The van der Waals surface area contributed by atoms with Crippen LogP contribution in [0, 0.1) is 5.92 Å². The van der Waals surface area contributed by atoms with Crippen molar-refractivity contribution < 1.29 is 4.79 Å². The summed E-state index contributed by atoms with van der Waals surface area (Å²) < 4.78 is 0. The first kappa shape index (κ1) is 20.7. The number of para-hydroxylation sites is 1. The summed E-state index contributed by atoms with van der Waals surface area (Å²) in [4.78, 5) is 16.7. The Balaban J connectivity index is 0.00000144. The number of carbonyl (C=O) groups excluding carboxylic acids is 1. The Morgan fingerprint density at radius 1 is 1.21 bits per heavy atom. The normalized spacial score (nSPS) is 19.9. The molecule has 1 amide bonds. The van der Waals surface area contributed by atoms with Crippen molar-refractivity contribution in [2.75, 3.05) is 6.54 Å². The van der Waals surface area contributed by atoms with E-state index in [-0.39, 0.29) is 42.7 Å². The molecular formula is C18H25Cl2N3O. The van der Waals surface area contributed by atoms with Gasteiger partial charge in [0, 0.05) is 30.1 Å². The van der Waals surface area contributed by atoms with E-state index >= 15 is 0 Å². The van der Waals surface area contributed by atoms with Crippen LogP contribution in [0.2, 0.25) is 0 Å². The molecule has 2 atom stereocenters. The van der Waals surface area contributed by atoms with Crippen LogP contribution in [0.3, 0.4) is 0 Å². The summed E-state index contributed by atoms with van der Waals surface area (Å²) in [6.07, 6.45) is 6.52. The molecule has 132 valence electrons. The van der Waals surface area contributed by atoms with Crippen LogP contribution in [0.4, 0.5) is 0 Å². The Morgan fingerprint density at radius 3 is 2.79 bits per heavy atom. The molecule has 1 fully saturated rings. The van der Waals surface area contributed by atoms with E-state index in [9.17, 15) is 4.79 Å². The molecular weight excluding hydrogens is 345 g/mol. The summed E-state index contributed by atoms with van der Waals surface area (Å²) in [6, 6.07) is 10.4. The van der Waals surface area contributed by atoms with Crippen molar-refractivity contribution in [1.29, 1.82) is 0 Å². The zero-order valence-electron chi connectivity index (χ0n) is 13.6. The maximum atomic E-state index is 12.2. The van der Waals surface area contributed by atoms with Crippen molar-refractivity contribution in [1.82, 2.24) is 10.3 Å². The third-order valence-corrected chi connectivity index (χ3v) is 4.50. The standard InChI is InChI=1S/C18H23N3O.2ClH/c19-16-8-2-6-15(12-16)18(22)21-11-9-14-5-1-4-13-7-3-10-20-17(13)14;;/h1,3-5,7,10,15-16H,2,6,8-9,11-12,19H2,(H,21,22);2*1H. The van der Waals surface area contributed by atoms with Gasteiger partial charge in [0.2, 0.25) is 5.91 Å². The van der Waals surface area contributed by atoms with Gasteiger partial charge in [-0.2, -0.15) is 0 Å². The van der Waals surface area contributed by atoms with Gasteiger partial charge in [-0.1, -0.05) is 30.7 Å². The lowest BCUT2D eigenvalue weighted by Gasteiger charge is -2.25. The van der Waals surface area contributed by atoms with E-state index in [0.29, 0.717) is 6.54 Å². The zero-order chi connectivity index (χ0) is 15.4. The molecule has 1 saturated carbocycles. The highest BCUT2D eigenvalue weighted by atomic mass is 35.5. The first-order valence-corrected chi connectivity index (χ1v) is 8.10. The fourth-order valence-electron chi connectivity index (χ4n) is 3.30. The number of halogens is 2. The van der Waals surface area contributed by atoms with Gasteiger partial charge in [-0.3, -0.25) is 9.78 Å². The molecule has 0 bridgehead atoms. The molecule has 6 heteroatoms. The van der Waals surface area contributed by atoms with Gasteiger partial charge in [-0.05, 0) is 37.3 Å². The largest absolute Gasteiger partial charge is 0.356 e. The van der Waals surface area contributed by atoms with Gasteiger partial charge in [0.15, 0.2) is 0 Å². The van der Waals surface area contributed by atoms with Crippen LogP contribution in [0.5, 0.6) is 0 Å². The van der Waals surface area contributed by atoms with E-state index in [1.54, 1.807) is 0 Å². The molecule has 0 radical (unpaired) electrons. The van der Waals surface area contributed by atoms with E-state index in [1.807, 2.05) is 18.3 Å². The van der Waals surface area contributed by atoms with Crippen LogP contribution in [-0.2, 0) is 11.2 Å². The predicted octanol–water partition coefficient (Wildman–Crippen LogP) is 3.25. The Kier molecular flexibility index (Phi) is 8.46. The highest BCUT2D eigenvalue weighted by Gasteiger charge is 2.24. The summed E-state index contributed by atoms with van der Waals surface area (Å²) in [5, 5.41) is 4.21. The smallest absolute Gasteiger partial charge is 0.223 e. The predicted molar refractivity (Wildman–Crippen MR) is 103 cm³/mol. The molecule has 1 heterocycles. The lowest BCUT2D eigenvalue weighted by molar-refractivity contribution is -0.126. The molecule has 1 aromatic carbocycles. The second-order valence-corrected chi connectivity index (χ2v) is 6.16. The molecule has 3 N–H and O–H groups in total.